The third-order valence-corrected chi connectivity index (χ3v) is 4.48. The molecule has 0 aliphatic heterocycles. The van der Waals surface area contributed by atoms with Gasteiger partial charge in [0, 0.05) is 17.5 Å². The molecule has 0 saturated heterocycles. The third kappa shape index (κ3) is 3.74. The van der Waals surface area contributed by atoms with E-state index in [9.17, 15) is 9.59 Å². The molecule has 2 aromatic carbocycles. The molecule has 27 heavy (non-hydrogen) atoms. The molecular formula is C21H22O6. The lowest BCUT2D eigenvalue weighted by molar-refractivity contribution is -0.145. The largest absolute Gasteiger partial charge is 0.493 e. The van der Waals surface area contributed by atoms with Gasteiger partial charge in [0.15, 0.2) is 23.9 Å². The van der Waals surface area contributed by atoms with Gasteiger partial charge in [-0.05, 0) is 36.6 Å². The van der Waals surface area contributed by atoms with Crippen molar-refractivity contribution in [2.75, 3.05) is 27.4 Å². The minimum Gasteiger partial charge on any atom is -0.493 e. The van der Waals surface area contributed by atoms with Crippen LogP contribution in [0.1, 0.15) is 29.3 Å². The summed E-state index contributed by atoms with van der Waals surface area (Å²) in [5, 5.41) is 0. The predicted octanol–water partition coefficient (Wildman–Crippen LogP) is 3.44. The van der Waals surface area contributed by atoms with Gasteiger partial charge in [-0.1, -0.05) is 18.2 Å². The summed E-state index contributed by atoms with van der Waals surface area (Å²) < 4.78 is 21.5. The van der Waals surface area contributed by atoms with Gasteiger partial charge in [0.2, 0.25) is 5.75 Å². The average molecular weight is 370 g/mol. The first-order valence-corrected chi connectivity index (χ1v) is 8.79. The Kier molecular flexibility index (Phi) is 5.64. The van der Waals surface area contributed by atoms with Crippen LogP contribution in [0.15, 0.2) is 30.3 Å². The Bertz CT molecular complexity index is 871. The van der Waals surface area contributed by atoms with E-state index in [0.29, 0.717) is 23.7 Å². The first-order chi connectivity index (χ1) is 13.1. The van der Waals surface area contributed by atoms with E-state index in [-0.39, 0.29) is 19.0 Å². The molecule has 0 saturated carbocycles. The van der Waals surface area contributed by atoms with E-state index < -0.39 is 5.97 Å². The monoisotopic (exact) mass is 370 g/mol. The van der Waals surface area contributed by atoms with Crippen LogP contribution in [0.4, 0.5) is 0 Å². The minimum absolute atomic E-state index is 0.169. The molecule has 0 aromatic heterocycles. The van der Waals surface area contributed by atoms with Crippen molar-refractivity contribution in [3.8, 4) is 28.4 Å². The Morgan fingerprint density at radius 1 is 1.00 bits per heavy atom. The number of aryl methyl sites for hydroxylation is 1. The number of hydrogen-bond donors (Lipinski definition) is 0. The van der Waals surface area contributed by atoms with E-state index in [1.165, 1.54) is 14.2 Å². The highest BCUT2D eigenvalue weighted by molar-refractivity contribution is 6.01. The van der Waals surface area contributed by atoms with Gasteiger partial charge >= 0.3 is 5.97 Å². The molecule has 2 aromatic rings. The van der Waals surface area contributed by atoms with Crippen molar-refractivity contribution in [1.29, 1.82) is 0 Å². The summed E-state index contributed by atoms with van der Waals surface area (Å²) in [5.74, 6) is 0.997. The molecule has 0 unspecified atom stereocenters. The van der Waals surface area contributed by atoms with Crippen molar-refractivity contribution >= 4 is 11.8 Å². The standard InChI is InChI=1S/C21H22O6/c1-4-26-19(23)12-27-20-16(8-10-18(24-2)21(20)25-3)14-5-7-15-13(11-14)6-9-17(15)22/h5,7-8,10-11H,4,6,9,12H2,1-3H3. The summed E-state index contributed by atoms with van der Waals surface area (Å²) in [6.45, 7) is 1.78. The number of methoxy groups -OCH3 is 2. The SMILES string of the molecule is CCOC(=O)COc1c(-c2ccc3c(c2)CCC3=O)ccc(OC)c1OC. The van der Waals surface area contributed by atoms with Gasteiger partial charge in [-0.15, -0.1) is 0 Å². The highest BCUT2D eigenvalue weighted by Gasteiger charge is 2.23. The van der Waals surface area contributed by atoms with Gasteiger partial charge in [0.05, 0.1) is 20.8 Å². The van der Waals surface area contributed by atoms with Gasteiger partial charge in [-0.3, -0.25) is 4.79 Å². The molecule has 1 aliphatic carbocycles. The Balaban J connectivity index is 2.03. The molecule has 0 bridgehead atoms. The highest BCUT2D eigenvalue weighted by Crippen LogP contribution is 2.45. The van der Waals surface area contributed by atoms with Crippen molar-refractivity contribution in [3.63, 3.8) is 0 Å². The van der Waals surface area contributed by atoms with Gasteiger partial charge in [0.25, 0.3) is 0 Å². The van der Waals surface area contributed by atoms with Crippen LogP contribution in [0.3, 0.4) is 0 Å². The van der Waals surface area contributed by atoms with Crippen molar-refractivity contribution in [2.24, 2.45) is 0 Å². The lowest BCUT2D eigenvalue weighted by Gasteiger charge is -2.18. The molecule has 0 N–H and O–H groups in total. The van der Waals surface area contributed by atoms with Crippen molar-refractivity contribution in [1.82, 2.24) is 0 Å². The fourth-order valence-electron chi connectivity index (χ4n) is 3.23. The normalized spacial score (nSPS) is 12.5. The maximum atomic E-state index is 11.9. The quantitative estimate of drug-likeness (QED) is 0.696. The van der Waals surface area contributed by atoms with Crippen LogP contribution < -0.4 is 14.2 Å². The van der Waals surface area contributed by atoms with E-state index in [2.05, 4.69) is 0 Å². The molecule has 0 amide bonds. The van der Waals surface area contributed by atoms with E-state index in [0.717, 1.165) is 28.7 Å². The molecule has 0 atom stereocenters. The van der Waals surface area contributed by atoms with E-state index in [1.807, 2.05) is 24.3 Å². The second-order valence-electron chi connectivity index (χ2n) is 6.07. The number of benzene rings is 2. The highest BCUT2D eigenvalue weighted by atomic mass is 16.6. The van der Waals surface area contributed by atoms with Crippen LogP contribution in [0, 0.1) is 0 Å². The number of carbonyl (C=O) groups excluding carboxylic acids is 2. The summed E-state index contributed by atoms with van der Waals surface area (Å²) in [4.78, 5) is 23.6. The summed E-state index contributed by atoms with van der Waals surface area (Å²) in [7, 11) is 3.05. The smallest absolute Gasteiger partial charge is 0.344 e. The number of fused-ring (bicyclic) bond motifs is 1. The lowest BCUT2D eigenvalue weighted by Crippen LogP contribution is -2.15. The summed E-state index contributed by atoms with van der Waals surface area (Å²) >= 11 is 0. The Morgan fingerprint density at radius 3 is 2.48 bits per heavy atom. The zero-order chi connectivity index (χ0) is 19.4. The molecule has 0 fully saturated rings. The maximum absolute atomic E-state index is 11.9. The van der Waals surface area contributed by atoms with Crippen LogP contribution >= 0.6 is 0 Å². The fourth-order valence-corrected chi connectivity index (χ4v) is 3.23. The van der Waals surface area contributed by atoms with Crippen molar-refractivity contribution in [3.05, 3.63) is 41.5 Å². The first-order valence-electron chi connectivity index (χ1n) is 8.79. The molecule has 6 nitrogen and oxygen atoms in total. The number of esters is 1. The molecule has 6 heteroatoms. The van der Waals surface area contributed by atoms with E-state index >= 15 is 0 Å². The number of ketones is 1. The second kappa shape index (κ2) is 8.12. The number of carbonyl (C=O) groups is 2. The van der Waals surface area contributed by atoms with E-state index in [4.69, 9.17) is 18.9 Å². The number of ether oxygens (including phenoxy) is 4. The number of hydrogen-bond acceptors (Lipinski definition) is 6. The van der Waals surface area contributed by atoms with Crippen LogP contribution in [0.5, 0.6) is 17.2 Å². The first kappa shape index (κ1) is 18.8. The molecule has 3 rings (SSSR count). The fraction of sp³-hybridized carbons (Fsp3) is 0.333. The Morgan fingerprint density at radius 2 is 1.78 bits per heavy atom. The van der Waals surface area contributed by atoms with Crippen molar-refractivity contribution < 1.29 is 28.5 Å². The minimum atomic E-state index is -0.465. The molecule has 142 valence electrons. The molecular weight excluding hydrogens is 348 g/mol. The summed E-state index contributed by atoms with van der Waals surface area (Å²) in [6.07, 6.45) is 1.27. The predicted molar refractivity (Wildman–Crippen MR) is 99.8 cm³/mol. The topological polar surface area (TPSA) is 71.1 Å². The van der Waals surface area contributed by atoms with Gasteiger partial charge in [-0.2, -0.15) is 0 Å². The zero-order valence-electron chi connectivity index (χ0n) is 15.7. The summed E-state index contributed by atoms with van der Waals surface area (Å²) in [6, 6.07) is 9.33. The van der Waals surface area contributed by atoms with Crippen LogP contribution in [-0.2, 0) is 16.0 Å². The summed E-state index contributed by atoms with van der Waals surface area (Å²) in [5.41, 5.74) is 3.42. The molecule has 0 radical (unpaired) electrons. The third-order valence-electron chi connectivity index (χ3n) is 4.48. The number of Topliss-reactive ketones (excluding diaryl/α,β-unsaturated/α-hetero) is 1. The Hall–Kier alpha value is -3.02. The van der Waals surface area contributed by atoms with Gasteiger partial charge in [0.1, 0.15) is 0 Å². The molecule has 0 heterocycles. The van der Waals surface area contributed by atoms with Gasteiger partial charge in [-0.25, -0.2) is 4.79 Å². The van der Waals surface area contributed by atoms with Crippen molar-refractivity contribution in [2.45, 2.75) is 19.8 Å². The molecule has 1 aliphatic rings. The second-order valence-corrected chi connectivity index (χ2v) is 6.07. The Labute approximate surface area is 158 Å². The van der Waals surface area contributed by atoms with Gasteiger partial charge < -0.3 is 18.9 Å². The lowest BCUT2D eigenvalue weighted by atomic mass is 9.99. The van der Waals surface area contributed by atoms with Crippen LogP contribution in [0.25, 0.3) is 11.1 Å². The van der Waals surface area contributed by atoms with Crippen LogP contribution in [-0.4, -0.2) is 39.2 Å². The molecule has 0 spiro atoms. The maximum Gasteiger partial charge on any atom is 0.344 e. The van der Waals surface area contributed by atoms with Crippen LogP contribution in [0.2, 0.25) is 0 Å². The average Bonchev–Trinajstić information content (AvgIpc) is 3.05. The zero-order valence-corrected chi connectivity index (χ0v) is 15.7. The number of rotatable bonds is 7. The van der Waals surface area contributed by atoms with E-state index in [1.54, 1.807) is 13.0 Å².